The van der Waals surface area contributed by atoms with Crippen molar-refractivity contribution in [1.29, 1.82) is 0 Å². The van der Waals surface area contributed by atoms with Gasteiger partial charge in [-0.1, -0.05) is 0 Å². The first kappa shape index (κ1) is 16.2. The Morgan fingerprint density at radius 2 is 2.33 bits per heavy atom. The van der Waals surface area contributed by atoms with E-state index in [1.54, 1.807) is 0 Å². The number of rotatable bonds is 4. The molecule has 0 saturated carbocycles. The van der Waals surface area contributed by atoms with Crippen LogP contribution in [-0.4, -0.2) is 34.4 Å². The van der Waals surface area contributed by atoms with Gasteiger partial charge in [-0.2, -0.15) is 0 Å². The standard InChI is InChI=1S/C15H15F2N3O4/c1-23-11-6-18-13(19-14(11)21)9-3-2-4-20(9)15(22)8-5-10(12(16)17)24-7-8/h5-7,9,12H,2-4H2,1H3,(H,18,19,21). The summed E-state index contributed by atoms with van der Waals surface area (Å²) in [6, 6.07) is 0.605. The van der Waals surface area contributed by atoms with Gasteiger partial charge >= 0.3 is 0 Å². The molecule has 1 N–H and O–H groups in total. The van der Waals surface area contributed by atoms with Gasteiger partial charge in [-0.05, 0) is 18.9 Å². The molecular formula is C15H15F2N3O4. The number of H-pyrrole nitrogens is 1. The van der Waals surface area contributed by atoms with Crippen molar-refractivity contribution in [3.63, 3.8) is 0 Å². The average Bonchev–Trinajstić information content (AvgIpc) is 3.23. The lowest BCUT2D eigenvalue weighted by atomic mass is 10.2. The molecule has 3 heterocycles. The highest BCUT2D eigenvalue weighted by molar-refractivity contribution is 5.94. The SMILES string of the molecule is COc1cnc(C2CCCN2C(=O)c2coc(C(F)F)c2)[nH]c1=O. The van der Waals surface area contributed by atoms with Gasteiger partial charge in [0.1, 0.15) is 12.1 Å². The molecule has 0 radical (unpaired) electrons. The Morgan fingerprint density at radius 1 is 1.54 bits per heavy atom. The molecule has 0 bridgehead atoms. The van der Waals surface area contributed by atoms with Gasteiger partial charge in [0.2, 0.25) is 5.75 Å². The number of furan rings is 1. The Labute approximate surface area is 135 Å². The molecule has 1 atom stereocenters. The Balaban J connectivity index is 1.85. The number of carbonyl (C=O) groups excluding carboxylic acids is 1. The van der Waals surface area contributed by atoms with Crippen LogP contribution in [0.15, 0.2) is 27.7 Å². The third kappa shape index (κ3) is 2.89. The maximum Gasteiger partial charge on any atom is 0.295 e. The average molecular weight is 339 g/mol. The first-order chi connectivity index (χ1) is 11.5. The van der Waals surface area contributed by atoms with Crippen molar-refractivity contribution < 1.29 is 22.7 Å². The number of nitrogens with zero attached hydrogens (tertiary/aromatic N) is 2. The number of amides is 1. The zero-order valence-corrected chi connectivity index (χ0v) is 12.8. The van der Waals surface area contributed by atoms with Crippen LogP contribution in [0.1, 0.15) is 47.3 Å². The maximum absolute atomic E-state index is 12.6. The summed E-state index contributed by atoms with van der Waals surface area (Å²) in [6.07, 6.45) is 0.859. The third-order valence-corrected chi connectivity index (χ3v) is 3.92. The maximum atomic E-state index is 12.6. The van der Waals surface area contributed by atoms with Crippen molar-refractivity contribution in [3.05, 3.63) is 46.0 Å². The molecule has 1 aliphatic heterocycles. The zero-order chi connectivity index (χ0) is 17.3. The molecule has 3 rings (SSSR count). The summed E-state index contributed by atoms with van der Waals surface area (Å²) >= 11 is 0. The van der Waals surface area contributed by atoms with E-state index < -0.39 is 29.7 Å². The number of ether oxygens (including phenoxy) is 1. The second-order valence-corrected chi connectivity index (χ2v) is 5.36. The van der Waals surface area contributed by atoms with Gasteiger partial charge in [0.25, 0.3) is 17.9 Å². The lowest BCUT2D eigenvalue weighted by Crippen LogP contribution is -2.32. The molecule has 0 spiro atoms. The summed E-state index contributed by atoms with van der Waals surface area (Å²) in [6.45, 7) is 0.439. The van der Waals surface area contributed by atoms with Crippen molar-refractivity contribution in [2.24, 2.45) is 0 Å². The van der Waals surface area contributed by atoms with Gasteiger partial charge in [0, 0.05) is 6.54 Å². The summed E-state index contributed by atoms with van der Waals surface area (Å²) in [5.74, 6) is -0.577. The molecule has 9 heteroatoms. The van der Waals surface area contributed by atoms with Crippen LogP contribution in [0, 0.1) is 0 Å². The number of halogens is 2. The number of carbonyl (C=O) groups is 1. The zero-order valence-electron chi connectivity index (χ0n) is 12.8. The topological polar surface area (TPSA) is 88.4 Å². The largest absolute Gasteiger partial charge is 0.490 e. The minimum absolute atomic E-state index is 0.0491. The van der Waals surface area contributed by atoms with E-state index in [2.05, 4.69) is 9.97 Å². The Morgan fingerprint density at radius 3 is 2.96 bits per heavy atom. The monoisotopic (exact) mass is 339 g/mol. The van der Waals surface area contributed by atoms with Crippen LogP contribution in [0.25, 0.3) is 0 Å². The van der Waals surface area contributed by atoms with Crippen LogP contribution in [-0.2, 0) is 0 Å². The number of hydrogen-bond donors (Lipinski definition) is 1. The predicted molar refractivity (Wildman–Crippen MR) is 78.1 cm³/mol. The molecule has 1 aliphatic rings. The molecule has 0 aliphatic carbocycles. The number of methoxy groups -OCH3 is 1. The molecule has 24 heavy (non-hydrogen) atoms. The van der Waals surface area contributed by atoms with Crippen LogP contribution in [0.2, 0.25) is 0 Å². The second kappa shape index (κ2) is 6.42. The van der Waals surface area contributed by atoms with Crippen molar-refractivity contribution in [2.45, 2.75) is 25.3 Å². The summed E-state index contributed by atoms with van der Waals surface area (Å²) < 4.78 is 34.8. The fraction of sp³-hybridized carbons (Fsp3) is 0.400. The van der Waals surface area contributed by atoms with Gasteiger partial charge < -0.3 is 19.0 Å². The number of aromatic amines is 1. The highest BCUT2D eigenvalue weighted by atomic mass is 19.3. The van der Waals surface area contributed by atoms with Crippen molar-refractivity contribution in [2.75, 3.05) is 13.7 Å². The normalized spacial score (nSPS) is 17.5. The first-order valence-corrected chi connectivity index (χ1v) is 7.32. The Kier molecular flexibility index (Phi) is 4.32. The smallest absolute Gasteiger partial charge is 0.295 e. The Hall–Kier alpha value is -2.71. The molecule has 1 unspecified atom stereocenters. The highest BCUT2D eigenvalue weighted by Crippen LogP contribution is 2.32. The number of alkyl halides is 2. The minimum atomic E-state index is -2.78. The number of aromatic nitrogens is 2. The summed E-state index contributed by atoms with van der Waals surface area (Å²) in [4.78, 5) is 32.6. The highest BCUT2D eigenvalue weighted by Gasteiger charge is 2.33. The second-order valence-electron chi connectivity index (χ2n) is 5.36. The molecule has 1 saturated heterocycles. The van der Waals surface area contributed by atoms with E-state index in [0.29, 0.717) is 25.2 Å². The van der Waals surface area contributed by atoms with Gasteiger partial charge in [-0.15, -0.1) is 0 Å². The molecule has 2 aromatic rings. The molecule has 0 aromatic carbocycles. The fourth-order valence-electron chi connectivity index (χ4n) is 2.75. The van der Waals surface area contributed by atoms with E-state index in [0.717, 1.165) is 12.3 Å². The third-order valence-electron chi connectivity index (χ3n) is 3.92. The van der Waals surface area contributed by atoms with Crippen molar-refractivity contribution >= 4 is 5.91 Å². The minimum Gasteiger partial charge on any atom is -0.490 e. The lowest BCUT2D eigenvalue weighted by molar-refractivity contribution is 0.0728. The predicted octanol–water partition coefficient (Wildman–Crippen LogP) is 2.29. The van der Waals surface area contributed by atoms with Gasteiger partial charge in [-0.3, -0.25) is 9.59 Å². The van der Waals surface area contributed by atoms with E-state index in [1.807, 2.05) is 0 Å². The van der Waals surface area contributed by atoms with Crippen LogP contribution in [0.3, 0.4) is 0 Å². The van der Waals surface area contributed by atoms with E-state index in [4.69, 9.17) is 9.15 Å². The van der Waals surface area contributed by atoms with Crippen LogP contribution >= 0.6 is 0 Å². The summed E-state index contributed by atoms with van der Waals surface area (Å²) in [5, 5.41) is 0. The fourth-order valence-corrected chi connectivity index (χ4v) is 2.75. The molecule has 128 valence electrons. The molecular weight excluding hydrogens is 324 g/mol. The van der Waals surface area contributed by atoms with Crippen LogP contribution < -0.4 is 10.3 Å². The van der Waals surface area contributed by atoms with Gasteiger partial charge in [0.15, 0.2) is 5.76 Å². The van der Waals surface area contributed by atoms with Crippen molar-refractivity contribution in [3.8, 4) is 5.75 Å². The van der Waals surface area contributed by atoms with Crippen LogP contribution in [0.5, 0.6) is 5.75 Å². The van der Waals surface area contributed by atoms with Crippen molar-refractivity contribution in [1.82, 2.24) is 14.9 Å². The van der Waals surface area contributed by atoms with E-state index in [1.165, 1.54) is 18.2 Å². The summed E-state index contributed by atoms with van der Waals surface area (Å²) in [5.41, 5.74) is -0.391. The van der Waals surface area contributed by atoms with E-state index >= 15 is 0 Å². The van der Waals surface area contributed by atoms with Gasteiger partial charge in [0.05, 0.1) is 24.9 Å². The molecule has 2 aromatic heterocycles. The molecule has 7 nitrogen and oxygen atoms in total. The number of likely N-dealkylation sites (tertiary alicyclic amines) is 1. The van der Waals surface area contributed by atoms with Gasteiger partial charge in [-0.25, -0.2) is 13.8 Å². The molecule has 1 fully saturated rings. The first-order valence-electron chi connectivity index (χ1n) is 7.32. The number of nitrogens with one attached hydrogen (secondary N) is 1. The molecule has 1 amide bonds. The van der Waals surface area contributed by atoms with E-state index in [9.17, 15) is 18.4 Å². The van der Waals surface area contributed by atoms with Crippen LogP contribution in [0.4, 0.5) is 8.78 Å². The summed E-state index contributed by atoms with van der Waals surface area (Å²) in [7, 11) is 1.36. The lowest BCUT2D eigenvalue weighted by Gasteiger charge is -2.23. The Bertz CT molecular complexity index is 802. The number of hydrogen-bond acceptors (Lipinski definition) is 5. The quantitative estimate of drug-likeness (QED) is 0.923. The van der Waals surface area contributed by atoms with E-state index in [-0.39, 0.29) is 11.3 Å².